The lowest BCUT2D eigenvalue weighted by atomic mass is 10.1. The predicted octanol–water partition coefficient (Wildman–Crippen LogP) is 1.44. The molecule has 1 aliphatic carbocycles. The Bertz CT molecular complexity index is 836. The molecule has 3 heterocycles. The molecule has 0 radical (unpaired) electrons. The molecular weight excluding hydrogens is 256 g/mol. The maximum absolute atomic E-state index is 12.4. The van der Waals surface area contributed by atoms with Crippen LogP contribution in [-0.4, -0.2) is 29.1 Å². The number of rotatable bonds is 2. The molecule has 7 heteroatoms. The number of imidazole rings is 1. The second-order valence-electron chi connectivity index (χ2n) is 5.32. The molecule has 7 nitrogen and oxygen atoms in total. The van der Waals surface area contributed by atoms with Crippen LogP contribution in [0.15, 0.2) is 11.1 Å². The quantitative estimate of drug-likeness (QED) is 0.765. The van der Waals surface area contributed by atoms with Crippen LogP contribution in [0, 0.1) is 0 Å². The summed E-state index contributed by atoms with van der Waals surface area (Å²) in [5.41, 5.74) is 1.06. The summed E-state index contributed by atoms with van der Waals surface area (Å²) >= 11 is 0. The Hall–Kier alpha value is -2.18. The predicted molar refractivity (Wildman–Crippen MR) is 73.8 cm³/mol. The van der Waals surface area contributed by atoms with E-state index in [9.17, 15) is 4.79 Å². The lowest BCUT2D eigenvalue weighted by Gasteiger charge is -2.04. The average Bonchev–Trinajstić information content (AvgIpc) is 3.19. The highest BCUT2D eigenvalue weighted by Gasteiger charge is 2.23. The van der Waals surface area contributed by atoms with Crippen molar-refractivity contribution < 1.29 is 0 Å². The minimum atomic E-state index is -0.172. The molecule has 0 unspecified atom stereocenters. The Balaban J connectivity index is 2.05. The normalized spacial score (nSPS) is 16.6. The molecular formula is C13H16N6O. The van der Waals surface area contributed by atoms with Gasteiger partial charge in [0.1, 0.15) is 12.2 Å². The molecule has 1 N–H and O–H groups in total. The van der Waals surface area contributed by atoms with Gasteiger partial charge in [-0.25, -0.2) is 4.98 Å². The van der Waals surface area contributed by atoms with E-state index in [4.69, 9.17) is 0 Å². The fourth-order valence-corrected chi connectivity index (χ4v) is 3.17. The molecule has 4 rings (SSSR count). The highest BCUT2D eigenvalue weighted by molar-refractivity contribution is 5.72. The van der Waals surface area contributed by atoms with E-state index in [0.717, 1.165) is 18.7 Å². The monoisotopic (exact) mass is 272 g/mol. The van der Waals surface area contributed by atoms with Gasteiger partial charge in [0.15, 0.2) is 11.2 Å². The van der Waals surface area contributed by atoms with Crippen LogP contribution in [0.1, 0.15) is 44.3 Å². The van der Waals surface area contributed by atoms with Gasteiger partial charge in [-0.3, -0.25) is 9.36 Å². The summed E-state index contributed by atoms with van der Waals surface area (Å²) < 4.78 is 3.27. The Morgan fingerprint density at radius 2 is 2.20 bits per heavy atom. The van der Waals surface area contributed by atoms with Gasteiger partial charge in [-0.2, -0.15) is 14.6 Å². The molecule has 1 saturated carbocycles. The number of nitrogens with one attached hydrogen (secondary N) is 1. The van der Waals surface area contributed by atoms with E-state index in [0.29, 0.717) is 29.4 Å². The van der Waals surface area contributed by atoms with Crippen molar-refractivity contribution in [2.24, 2.45) is 0 Å². The molecule has 0 aliphatic heterocycles. The van der Waals surface area contributed by atoms with E-state index < -0.39 is 0 Å². The molecule has 0 aromatic carbocycles. The third-order valence-electron chi connectivity index (χ3n) is 4.19. The van der Waals surface area contributed by atoms with E-state index in [-0.39, 0.29) is 5.56 Å². The lowest BCUT2D eigenvalue weighted by molar-refractivity contribution is 0.678. The molecule has 20 heavy (non-hydrogen) atoms. The number of nitrogens with zero attached hydrogens (tertiary/aromatic N) is 5. The van der Waals surface area contributed by atoms with Crippen LogP contribution < -0.4 is 5.56 Å². The van der Waals surface area contributed by atoms with Gasteiger partial charge < -0.3 is 4.98 Å². The smallest absolute Gasteiger partial charge is 0.301 e. The number of H-pyrrole nitrogens is 1. The van der Waals surface area contributed by atoms with Crippen molar-refractivity contribution in [1.82, 2.24) is 29.1 Å². The second kappa shape index (κ2) is 4.16. The van der Waals surface area contributed by atoms with Crippen LogP contribution in [-0.2, 0) is 6.54 Å². The molecule has 0 atom stereocenters. The van der Waals surface area contributed by atoms with Crippen molar-refractivity contribution in [3.8, 4) is 0 Å². The molecule has 3 aromatic rings. The van der Waals surface area contributed by atoms with Gasteiger partial charge in [-0.1, -0.05) is 12.8 Å². The summed E-state index contributed by atoms with van der Waals surface area (Å²) in [5.74, 6) is 1.94. The fourth-order valence-electron chi connectivity index (χ4n) is 3.17. The van der Waals surface area contributed by atoms with Gasteiger partial charge in [-0.15, -0.1) is 0 Å². The Kier molecular flexibility index (Phi) is 2.42. The van der Waals surface area contributed by atoms with Crippen molar-refractivity contribution >= 4 is 16.9 Å². The van der Waals surface area contributed by atoms with Crippen molar-refractivity contribution in [3.05, 3.63) is 22.5 Å². The van der Waals surface area contributed by atoms with Crippen LogP contribution >= 0.6 is 0 Å². The highest BCUT2D eigenvalue weighted by Crippen LogP contribution is 2.33. The van der Waals surface area contributed by atoms with Crippen molar-refractivity contribution in [1.29, 1.82) is 0 Å². The number of aromatic nitrogens is 6. The largest absolute Gasteiger partial charge is 0.336 e. The lowest BCUT2D eigenvalue weighted by Crippen LogP contribution is -2.19. The standard InChI is InChI=1S/C13H16N6O/c1-2-18-11-9(12(20)19-13(18)14-7-15-19)16-10(17-11)8-5-3-4-6-8/h7-8H,2-6H2,1H3,(H,16,17). The fraction of sp³-hybridized carbons (Fsp3) is 0.538. The molecule has 0 amide bonds. The third-order valence-corrected chi connectivity index (χ3v) is 4.19. The topological polar surface area (TPSA) is 80.9 Å². The first-order chi connectivity index (χ1) is 9.79. The maximum Gasteiger partial charge on any atom is 0.301 e. The maximum atomic E-state index is 12.4. The van der Waals surface area contributed by atoms with Crippen LogP contribution in [0.25, 0.3) is 16.9 Å². The summed E-state index contributed by atoms with van der Waals surface area (Å²) in [4.78, 5) is 24.5. The molecule has 0 spiro atoms. The zero-order valence-corrected chi connectivity index (χ0v) is 11.3. The van der Waals surface area contributed by atoms with Crippen LogP contribution in [0.4, 0.5) is 0 Å². The zero-order chi connectivity index (χ0) is 13.7. The third kappa shape index (κ3) is 1.46. The Morgan fingerprint density at radius 3 is 2.95 bits per heavy atom. The molecule has 0 bridgehead atoms. The van der Waals surface area contributed by atoms with E-state index in [1.165, 1.54) is 23.7 Å². The van der Waals surface area contributed by atoms with Gasteiger partial charge in [0, 0.05) is 12.5 Å². The Labute approximate surface area is 114 Å². The minimum Gasteiger partial charge on any atom is -0.336 e. The van der Waals surface area contributed by atoms with Crippen molar-refractivity contribution in [2.45, 2.75) is 45.1 Å². The first-order valence-corrected chi connectivity index (χ1v) is 7.11. The van der Waals surface area contributed by atoms with Crippen molar-refractivity contribution in [2.75, 3.05) is 0 Å². The molecule has 0 saturated heterocycles. The van der Waals surface area contributed by atoms with Gasteiger partial charge >= 0.3 is 5.56 Å². The second-order valence-corrected chi connectivity index (χ2v) is 5.32. The minimum absolute atomic E-state index is 0.172. The van der Waals surface area contributed by atoms with E-state index in [2.05, 4.69) is 20.1 Å². The van der Waals surface area contributed by atoms with Gasteiger partial charge in [0.25, 0.3) is 0 Å². The summed E-state index contributed by atoms with van der Waals surface area (Å²) in [6, 6.07) is 0. The van der Waals surface area contributed by atoms with Crippen LogP contribution in [0.2, 0.25) is 0 Å². The first-order valence-electron chi connectivity index (χ1n) is 7.11. The summed E-state index contributed by atoms with van der Waals surface area (Å²) in [6.45, 7) is 2.72. The Morgan fingerprint density at radius 1 is 1.40 bits per heavy atom. The summed E-state index contributed by atoms with van der Waals surface area (Å²) in [6.07, 6.45) is 6.18. The number of hydrogen-bond donors (Lipinski definition) is 1. The first kappa shape index (κ1) is 11.6. The van der Waals surface area contributed by atoms with Crippen LogP contribution in [0.3, 0.4) is 0 Å². The van der Waals surface area contributed by atoms with Gasteiger partial charge in [0.2, 0.25) is 5.78 Å². The van der Waals surface area contributed by atoms with Crippen LogP contribution in [0.5, 0.6) is 0 Å². The number of aryl methyl sites for hydroxylation is 1. The number of fused-ring (bicyclic) bond motifs is 2. The SMILES string of the molecule is CCn1c2nc(C3CCCC3)[nH]c2c(=O)n2ncnc12. The molecule has 1 fully saturated rings. The molecule has 3 aromatic heterocycles. The summed E-state index contributed by atoms with van der Waals surface area (Å²) in [5, 5.41) is 4.01. The average molecular weight is 272 g/mol. The molecule has 1 aliphatic rings. The van der Waals surface area contributed by atoms with Crippen molar-refractivity contribution in [3.63, 3.8) is 0 Å². The van der Waals surface area contributed by atoms with E-state index >= 15 is 0 Å². The number of hydrogen-bond acceptors (Lipinski definition) is 4. The zero-order valence-electron chi connectivity index (χ0n) is 11.3. The number of aromatic amines is 1. The highest BCUT2D eigenvalue weighted by atomic mass is 16.1. The molecule has 104 valence electrons. The van der Waals surface area contributed by atoms with Gasteiger partial charge in [-0.05, 0) is 19.8 Å². The summed E-state index contributed by atoms with van der Waals surface area (Å²) in [7, 11) is 0. The van der Waals surface area contributed by atoms with E-state index in [1.54, 1.807) is 0 Å². The van der Waals surface area contributed by atoms with Gasteiger partial charge in [0.05, 0.1) is 0 Å². The van der Waals surface area contributed by atoms with E-state index in [1.807, 2.05) is 11.5 Å².